The Balaban J connectivity index is 2.55. The molecule has 0 aromatic heterocycles. The lowest BCUT2D eigenvalue weighted by atomic mass is 9.97. The summed E-state index contributed by atoms with van der Waals surface area (Å²) >= 11 is 0. The number of benzene rings is 1. The lowest BCUT2D eigenvalue weighted by Crippen LogP contribution is -2.26. The van der Waals surface area contributed by atoms with Crippen molar-refractivity contribution in [2.75, 3.05) is 0 Å². The normalized spacial score (nSPS) is 29.2. The van der Waals surface area contributed by atoms with Gasteiger partial charge in [0.15, 0.2) is 0 Å². The highest BCUT2D eigenvalue weighted by Gasteiger charge is 2.52. The van der Waals surface area contributed by atoms with E-state index in [2.05, 4.69) is 0 Å². The highest BCUT2D eigenvalue weighted by Crippen LogP contribution is 2.52. The third-order valence-corrected chi connectivity index (χ3v) is 3.15. The quantitative estimate of drug-likeness (QED) is 0.741. The van der Waals surface area contributed by atoms with E-state index in [0.29, 0.717) is 6.42 Å². The molecule has 1 aromatic rings. The van der Waals surface area contributed by atoms with Crippen molar-refractivity contribution in [1.82, 2.24) is 0 Å². The molecule has 88 valence electrons. The van der Waals surface area contributed by atoms with Gasteiger partial charge in [0.1, 0.15) is 5.82 Å². The van der Waals surface area contributed by atoms with Crippen molar-refractivity contribution in [2.24, 2.45) is 11.7 Å². The van der Waals surface area contributed by atoms with Crippen LogP contribution in [0.2, 0.25) is 0 Å². The maximum atomic E-state index is 13.0. The molecule has 0 saturated heterocycles. The first-order valence-corrected chi connectivity index (χ1v) is 4.91. The molecule has 0 bridgehead atoms. The Hall–Kier alpha value is -1.10. The summed E-state index contributed by atoms with van der Waals surface area (Å²) in [6.07, 6.45) is -4.03. The second-order valence-electron chi connectivity index (χ2n) is 4.33. The van der Waals surface area contributed by atoms with Gasteiger partial charge in [-0.25, -0.2) is 4.39 Å². The van der Waals surface area contributed by atoms with Crippen LogP contribution in [0.3, 0.4) is 0 Å². The van der Waals surface area contributed by atoms with E-state index < -0.39 is 23.1 Å². The van der Waals surface area contributed by atoms with E-state index in [1.807, 2.05) is 0 Å². The van der Waals surface area contributed by atoms with Gasteiger partial charge in [-0.15, -0.1) is 0 Å². The molecule has 16 heavy (non-hydrogen) atoms. The van der Waals surface area contributed by atoms with Crippen molar-refractivity contribution < 1.29 is 17.6 Å². The van der Waals surface area contributed by atoms with Crippen LogP contribution in [0, 0.1) is 11.7 Å². The second-order valence-corrected chi connectivity index (χ2v) is 4.33. The predicted molar refractivity (Wildman–Crippen MR) is 51.0 cm³/mol. The maximum absolute atomic E-state index is 13.0. The standard InChI is InChI=1S/C11H11F4N/c1-6-5-10(6,16)9-4-7(12)2-3-8(9)11(13,14)15/h2-4,6H,5,16H2,1H3. The summed E-state index contributed by atoms with van der Waals surface area (Å²) in [5.74, 6) is -0.734. The average molecular weight is 233 g/mol. The largest absolute Gasteiger partial charge is 0.416 e. The molecule has 0 radical (unpaired) electrons. The Kier molecular flexibility index (Phi) is 2.28. The number of hydrogen-bond donors (Lipinski definition) is 1. The van der Waals surface area contributed by atoms with E-state index in [1.165, 1.54) is 0 Å². The topological polar surface area (TPSA) is 26.0 Å². The number of alkyl halides is 3. The van der Waals surface area contributed by atoms with Crippen LogP contribution in [-0.2, 0) is 11.7 Å². The van der Waals surface area contributed by atoms with Crippen LogP contribution in [0.25, 0.3) is 0 Å². The van der Waals surface area contributed by atoms with Gasteiger partial charge in [-0.05, 0) is 36.1 Å². The zero-order chi connectivity index (χ0) is 12.1. The van der Waals surface area contributed by atoms with Crippen molar-refractivity contribution in [1.29, 1.82) is 0 Å². The summed E-state index contributed by atoms with van der Waals surface area (Å²) in [6, 6.07) is 2.46. The van der Waals surface area contributed by atoms with Gasteiger partial charge in [0, 0.05) is 5.54 Å². The molecular formula is C11H11F4N. The smallest absolute Gasteiger partial charge is 0.321 e. The van der Waals surface area contributed by atoms with Gasteiger partial charge >= 0.3 is 6.18 Å². The van der Waals surface area contributed by atoms with E-state index in [1.54, 1.807) is 6.92 Å². The molecule has 1 aliphatic carbocycles. The molecule has 2 atom stereocenters. The molecule has 1 aromatic carbocycles. The molecule has 0 amide bonds. The molecule has 1 nitrogen and oxygen atoms in total. The molecule has 0 spiro atoms. The van der Waals surface area contributed by atoms with Crippen LogP contribution in [-0.4, -0.2) is 0 Å². The minimum atomic E-state index is -4.49. The predicted octanol–water partition coefficient (Wildman–Crippen LogP) is 3.04. The molecule has 2 N–H and O–H groups in total. The fourth-order valence-electron chi connectivity index (χ4n) is 1.97. The third kappa shape index (κ3) is 1.69. The van der Waals surface area contributed by atoms with Crippen molar-refractivity contribution in [3.8, 4) is 0 Å². The van der Waals surface area contributed by atoms with E-state index in [9.17, 15) is 17.6 Å². The summed E-state index contributed by atoms with van der Waals surface area (Å²) in [5, 5.41) is 0. The molecule has 1 saturated carbocycles. The maximum Gasteiger partial charge on any atom is 0.416 e. The van der Waals surface area contributed by atoms with Crippen LogP contribution in [0.15, 0.2) is 18.2 Å². The van der Waals surface area contributed by atoms with Crippen molar-refractivity contribution in [2.45, 2.75) is 25.1 Å². The molecule has 5 heteroatoms. The summed E-state index contributed by atoms with van der Waals surface area (Å²) < 4.78 is 51.1. The average Bonchev–Trinajstić information content (AvgIpc) is 2.74. The number of nitrogens with two attached hydrogens (primary N) is 1. The van der Waals surface area contributed by atoms with Crippen LogP contribution in [0.5, 0.6) is 0 Å². The Morgan fingerprint density at radius 3 is 2.38 bits per heavy atom. The van der Waals surface area contributed by atoms with Gasteiger partial charge in [0.05, 0.1) is 5.56 Å². The van der Waals surface area contributed by atoms with Gasteiger partial charge < -0.3 is 5.73 Å². The SMILES string of the molecule is CC1CC1(N)c1cc(F)ccc1C(F)(F)F. The lowest BCUT2D eigenvalue weighted by molar-refractivity contribution is -0.138. The molecule has 0 heterocycles. The van der Waals surface area contributed by atoms with Gasteiger partial charge in [-0.2, -0.15) is 13.2 Å². The van der Waals surface area contributed by atoms with Gasteiger partial charge in [0.25, 0.3) is 0 Å². The van der Waals surface area contributed by atoms with Crippen molar-refractivity contribution >= 4 is 0 Å². The summed E-state index contributed by atoms with van der Waals surface area (Å²) in [7, 11) is 0. The first-order chi connectivity index (χ1) is 7.25. The van der Waals surface area contributed by atoms with Crippen molar-refractivity contribution in [3.63, 3.8) is 0 Å². The van der Waals surface area contributed by atoms with Gasteiger partial charge in [0.2, 0.25) is 0 Å². The monoisotopic (exact) mass is 233 g/mol. The van der Waals surface area contributed by atoms with E-state index >= 15 is 0 Å². The summed E-state index contributed by atoms with van der Waals surface area (Å²) in [6.45, 7) is 1.76. The Morgan fingerprint density at radius 1 is 1.38 bits per heavy atom. The third-order valence-electron chi connectivity index (χ3n) is 3.15. The highest BCUT2D eigenvalue weighted by molar-refractivity contribution is 5.40. The Morgan fingerprint density at radius 2 is 1.94 bits per heavy atom. The lowest BCUT2D eigenvalue weighted by Gasteiger charge is -2.18. The minimum absolute atomic E-state index is 0.0459. The van der Waals surface area contributed by atoms with Gasteiger partial charge in [-0.3, -0.25) is 0 Å². The first-order valence-electron chi connectivity index (χ1n) is 4.91. The zero-order valence-electron chi connectivity index (χ0n) is 8.61. The summed E-state index contributed by atoms with van der Waals surface area (Å²) in [5.41, 5.74) is 3.83. The number of hydrogen-bond acceptors (Lipinski definition) is 1. The van der Waals surface area contributed by atoms with Crippen LogP contribution in [0.1, 0.15) is 24.5 Å². The van der Waals surface area contributed by atoms with E-state index in [0.717, 1.165) is 18.2 Å². The van der Waals surface area contributed by atoms with Gasteiger partial charge in [-0.1, -0.05) is 6.92 Å². The fraction of sp³-hybridized carbons (Fsp3) is 0.455. The van der Waals surface area contributed by atoms with E-state index in [-0.39, 0.29) is 11.5 Å². The molecule has 2 rings (SSSR count). The number of rotatable bonds is 1. The second kappa shape index (κ2) is 3.20. The van der Waals surface area contributed by atoms with E-state index in [4.69, 9.17) is 5.73 Å². The van der Waals surface area contributed by atoms with Crippen molar-refractivity contribution in [3.05, 3.63) is 35.1 Å². The van der Waals surface area contributed by atoms with Crippen LogP contribution < -0.4 is 5.73 Å². The van der Waals surface area contributed by atoms with Crippen LogP contribution >= 0.6 is 0 Å². The zero-order valence-corrected chi connectivity index (χ0v) is 8.61. The Bertz CT molecular complexity index is 426. The minimum Gasteiger partial charge on any atom is -0.321 e. The first kappa shape index (κ1) is 11.4. The molecule has 1 fully saturated rings. The highest BCUT2D eigenvalue weighted by atomic mass is 19.4. The Labute approximate surface area is 90.3 Å². The molecular weight excluding hydrogens is 222 g/mol. The molecule has 0 aliphatic heterocycles. The number of halogens is 4. The molecule has 2 unspecified atom stereocenters. The van der Waals surface area contributed by atoms with Crippen LogP contribution in [0.4, 0.5) is 17.6 Å². The summed E-state index contributed by atoms with van der Waals surface area (Å²) in [4.78, 5) is 0. The fourth-order valence-corrected chi connectivity index (χ4v) is 1.97. The molecule has 1 aliphatic rings.